The molecule has 0 fully saturated rings. The number of fused-ring (bicyclic) bond motifs is 14. The molecule has 29 rings (SSSR count). The van der Waals surface area contributed by atoms with Gasteiger partial charge in [0.25, 0.3) is 0 Å². The van der Waals surface area contributed by atoms with Crippen molar-refractivity contribution in [2.75, 3.05) is 0 Å². The van der Waals surface area contributed by atoms with E-state index in [2.05, 4.69) is 584 Å². The Morgan fingerprint density at radius 2 is 0.342 bits per heavy atom. The number of rotatable bonds is 13. The van der Waals surface area contributed by atoms with Crippen LogP contribution in [0.5, 0.6) is 0 Å². The molecule has 0 heteroatoms. The van der Waals surface area contributed by atoms with Crippen LogP contribution < -0.4 is 0 Å². The van der Waals surface area contributed by atoms with Crippen molar-refractivity contribution in [3.8, 4) is 156 Å². The number of hydrogen-bond acceptors (Lipinski definition) is 0. The van der Waals surface area contributed by atoms with E-state index in [4.69, 9.17) is 0 Å². The van der Waals surface area contributed by atoms with Crippen molar-refractivity contribution in [2.24, 2.45) is 0 Å². The van der Waals surface area contributed by atoms with Crippen LogP contribution in [0.2, 0.25) is 0 Å². The molecule has 0 nitrogen and oxygen atoms in total. The Balaban J connectivity index is 0.000000111. The average Bonchev–Trinajstić information content (AvgIpc) is 1.36. The van der Waals surface area contributed by atoms with Crippen molar-refractivity contribution in [1.29, 1.82) is 0 Å². The number of hydrogen-bond donors (Lipinski definition) is 0. The van der Waals surface area contributed by atoms with Crippen LogP contribution in [-0.4, -0.2) is 0 Å². The van der Waals surface area contributed by atoms with E-state index in [1.807, 2.05) is 0 Å². The minimum absolute atomic E-state index is 0.0231. The van der Waals surface area contributed by atoms with Crippen molar-refractivity contribution in [3.05, 3.63) is 581 Å². The predicted molar refractivity (Wildman–Crippen MR) is 640 cm³/mol. The van der Waals surface area contributed by atoms with Crippen LogP contribution >= 0.6 is 0 Å². The highest BCUT2D eigenvalue weighted by molar-refractivity contribution is 6.27. The van der Waals surface area contributed by atoms with E-state index in [-0.39, 0.29) is 5.41 Å². The predicted octanol–water partition coefficient (Wildman–Crippen LogP) is 41.7. The Morgan fingerprint density at radius 1 is 0.101 bits per heavy atom. The van der Waals surface area contributed by atoms with Gasteiger partial charge in [-0.2, -0.15) is 0 Å². The zero-order valence-corrected chi connectivity index (χ0v) is 82.8. The first-order valence-corrected chi connectivity index (χ1v) is 51.9. The molecule has 149 heavy (non-hydrogen) atoms. The van der Waals surface area contributed by atoms with Gasteiger partial charge in [-0.05, 0) is 328 Å². The van der Waals surface area contributed by atoms with Gasteiger partial charge in [-0.25, -0.2) is 0 Å². The first-order chi connectivity index (χ1) is 73.7. The van der Waals surface area contributed by atoms with E-state index in [1.165, 1.54) is 285 Å². The molecule has 0 saturated carbocycles. The normalized spacial score (nSPS) is 12.0. The van der Waals surface area contributed by atoms with Crippen LogP contribution in [0.4, 0.5) is 0 Å². The van der Waals surface area contributed by atoms with Gasteiger partial charge in [-0.1, -0.05) is 542 Å². The van der Waals surface area contributed by atoms with Crippen LogP contribution in [0.1, 0.15) is 25.0 Å². The topological polar surface area (TPSA) is 0 Å². The van der Waals surface area contributed by atoms with Crippen LogP contribution in [0, 0.1) is 0 Å². The maximum Gasteiger partial charge on any atom is 0.0159 e. The van der Waals surface area contributed by atoms with E-state index in [9.17, 15) is 0 Å². The lowest BCUT2D eigenvalue weighted by atomic mass is 9.81. The molecule has 0 atom stereocenters. The molecule has 0 aromatic heterocycles. The molecule has 0 heterocycles. The molecular weight excluding hydrogens is 1790 g/mol. The molecule has 0 amide bonds. The minimum atomic E-state index is -0.0231. The molecule has 0 spiro atoms. The SMILES string of the molecule is CC1(C)c2ccccc2-c2ccc(-c3ccc4c(-c5ccccc5)c5ccccc5c(-c5ccccc5)c4c3)cc21.c1cc(-c2ccc3c(-c4cccc5ccccc45)c4ccccc4c(-c4ccc(-c5ccc6ccccc6c5)cc4)c3c2)cc(-c2cccc3ccccc23)c1.c1ccc(-c2cccc(-c3c4ccccc4c(-c4cccc5ccccc45)c4ccc(-c5ccc(-c6cccc7ccccc67)cc5)cc34)c2)cc1. The Morgan fingerprint density at radius 3 is 0.826 bits per heavy atom. The van der Waals surface area contributed by atoms with Gasteiger partial charge in [0.2, 0.25) is 0 Å². The van der Waals surface area contributed by atoms with Crippen molar-refractivity contribution >= 4 is 118 Å². The minimum Gasteiger partial charge on any atom is -0.0622 e. The fourth-order valence-electron chi connectivity index (χ4n) is 24.2. The second-order valence-corrected chi connectivity index (χ2v) is 40.2. The van der Waals surface area contributed by atoms with E-state index in [1.54, 1.807) is 0 Å². The van der Waals surface area contributed by atoms with E-state index < -0.39 is 0 Å². The van der Waals surface area contributed by atoms with Crippen LogP contribution in [-0.2, 0) is 5.41 Å². The summed E-state index contributed by atoms with van der Waals surface area (Å²) in [5.74, 6) is 0. The lowest BCUT2D eigenvalue weighted by Gasteiger charge is -2.22. The molecule has 28 aromatic rings. The average molecular weight is 1890 g/mol. The third kappa shape index (κ3) is 16.0. The van der Waals surface area contributed by atoms with Gasteiger partial charge < -0.3 is 0 Å². The quantitative estimate of drug-likeness (QED) is 0.101. The largest absolute Gasteiger partial charge is 0.0622 e. The molecule has 1 aliphatic carbocycles. The lowest BCUT2D eigenvalue weighted by molar-refractivity contribution is 0.660. The summed E-state index contributed by atoms with van der Waals surface area (Å²) in [6.07, 6.45) is 0. The molecule has 0 unspecified atom stereocenters. The maximum atomic E-state index is 2.44. The summed E-state index contributed by atoms with van der Waals surface area (Å²) in [5, 5.41) is 27.8. The monoisotopic (exact) mass is 1890 g/mol. The van der Waals surface area contributed by atoms with Gasteiger partial charge in [0, 0.05) is 5.41 Å². The van der Waals surface area contributed by atoms with Gasteiger partial charge >= 0.3 is 0 Å². The van der Waals surface area contributed by atoms with Gasteiger partial charge in [-0.15, -0.1) is 0 Å². The van der Waals surface area contributed by atoms with Gasteiger partial charge in [-0.3, -0.25) is 0 Å². The number of benzene rings is 28. The fourth-order valence-corrected chi connectivity index (χ4v) is 24.2. The van der Waals surface area contributed by atoms with Crippen molar-refractivity contribution in [3.63, 3.8) is 0 Å². The van der Waals surface area contributed by atoms with E-state index >= 15 is 0 Å². The van der Waals surface area contributed by atoms with E-state index in [0.29, 0.717) is 0 Å². The lowest BCUT2D eigenvalue weighted by Crippen LogP contribution is -2.14. The zero-order valence-electron chi connectivity index (χ0n) is 82.8. The second kappa shape index (κ2) is 37.6. The summed E-state index contributed by atoms with van der Waals surface area (Å²) in [7, 11) is 0. The summed E-state index contributed by atoms with van der Waals surface area (Å²) in [5.41, 5.74) is 37.8. The van der Waals surface area contributed by atoms with E-state index in [0.717, 1.165) is 0 Å². The fraction of sp³-hybridized carbons (Fsp3) is 0.0201. The molecular formula is C149H100. The standard InChI is InChI=1S/C56H36.C52H34.C41H30/c1-2-15-42-34-44(31-28-37(42)12-1)38-26-29-41(30-27-38)55-51-22-7-8-23-52(51)56(50-25-11-17-40-14-4-6-21-48(40)50)53-33-32-45(36-54(53)55)43-18-9-19-46(35-43)49-24-10-16-39-13-3-5-20-47(39)49;1-2-13-35(14-3-1)40-19-10-20-42(33-40)51-47-23-8-9-24-48(47)52(46-26-12-18-38-16-5-7-22-45(38)46)49-32-31-41(34-50(49)51)36-27-29-39(30-28-36)44-25-11-17-37-15-4-6-21-43(37)44;1-41(2)37-20-12-11-17-31(37)32-23-21-30(26-38(32)41)29-22-24-35-36(25-29)40(28-15-7-4-8-16-28)34-19-10-9-18-33(34)39(35)27-13-5-3-6-14-27/h1-36H;1-34H;3-26H,1-2H3. The van der Waals surface area contributed by atoms with Crippen LogP contribution in [0.15, 0.2) is 570 Å². The summed E-state index contributed by atoms with van der Waals surface area (Å²) in [6.45, 7) is 4.71. The van der Waals surface area contributed by atoms with Gasteiger partial charge in [0.05, 0.1) is 0 Å². The second-order valence-electron chi connectivity index (χ2n) is 40.2. The Kier molecular flexibility index (Phi) is 22.5. The first kappa shape index (κ1) is 88.9. The van der Waals surface area contributed by atoms with Crippen molar-refractivity contribution in [2.45, 2.75) is 19.3 Å². The maximum absolute atomic E-state index is 2.44. The molecule has 696 valence electrons. The Hall–Kier alpha value is -19.0. The molecule has 0 bridgehead atoms. The Labute approximate surface area is 868 Å². The summed E-state index contributed by atoms with van der Waals surface area (Å²) in [4.78, 5) is 0. The third-order valence-corrected chi connectivity index (χ3v) is 31.4. The van der Waals surface area contributed by atoms with Crippen molar-refractivity contribution < 1.29 is 0 Å². The van der Waals surface area contributed by atoms with Crippen molar-refractivity contribution in [1.82, 2.24) is 0 Å². The summed E-state index contributed by atoms with van der Waals surface area (Å²) < 4.78 is 0. The smallest absolute Gasteiger partial charge is 0.0159 e. The first-order valence-electron chi connectivity index (χ1n) is 51.9. The Bertz CT molecular complexity index is 10100. The highest BCUT2D eigenvalue weighted by Crippen LogP contribution is 2.55. The summed E-state index contributed by atoms with van der Waals surface area (Å²) in [6, 6.07) is 210. The highest BCUT2D eigenvalue weighted by atomic mass is 14.4. The van der Waals surface area contributed by atoms with Crippen LogP contribution in [0.3, 0.4) is 0 Å². The van der Waals surface area contributed by atoms with Gasteiger partial charge in [0.15, 0.2) is 0 Å². The summed E-state index contributed by atoms with van der Waals surface area (Å²) >= 11 is 0. The molecule has 1 aliphatic rings. The third-order valence-electron chi connectivity index (χ3n) is 31.4. The molecule has 28 aromatic carbocycles. The molecule has 0 radical (unpaired) electrons. The molecule has 0 N–H and O–H groups in total. The van der Waals surface area contributed by atoms with Gasteiger partial charge in [0.1, 0.15) is 0 Å². The van der Waals surface area contributed by atoms with Crippen LogP contribution in [0.25, 0.3) is 274 Å². The molecule has 0 aliphatic heterocycles. The highest BCUT2D eigenvalue weighted by Gasteiger charge is 2.36. The molecule has 0 saturated heterocycles. The zero-order chi connectivity index (χ0) is 99.0.